The second kappa shape index (κ2) is 8.28. The van der Waals surface area contributed by atoms with Gasteiger partial charge in [0.25, 0.3) is 5.91 Å². The van der Waals surface area contributed by atoms with Crippen LogP contribution in [0.2, 0.25) is 0 Å². The van der Waals surface area contributed by atoms with Crippen molar-refractivity contribution >= 4 is 34.5 Å². The van der Waals surface area contributed by atoms with Crippen LogP contribution in [0.15, 0.2) is 54.6 Å². The van der Waals surface area contributed by atoms with Crippen LogP contribution in [0.5, 0.6) is 0 Å². The summed E-state index contributed by atoms with van der Waals surface area (Å²) in [5.41, 5.74) is 5.42. The number of anilines is 1. The number of amides is 1. The number of carbonyl (C=O) groups excluding carboxylic acids is 1. The molecule has 0 spiro atoms. The van der Waals surface area contributed by atoms with Crippen LogP contribution in [0.25, 0.3) is 11.1 Å². The van der Waals surface area contributed by atoms with Crippen molar-refractivity contribution in [1.82, 2.24) is 0 Å². The van der Waals surface area contributed by atoms with Crippen LogP contribution in [0.1, 0.15) is 40.4 Å². The second-order valence-electron chi connectivity index (χ2n) is 7.41. The van der Waals surface area contributed by atoms with Gasteiger partial charge in [-0.1, -0.05) is 61.6 Å². The van der Waals surface area contributed by atoms with E-state index in [0.29, 0.717) is 22.0 Å². The molecule has 0 radical (unpaired) electrons. The Labute approximate surface area is 179 Å². The largest absolute Gasteiger partial charge is 0.312 e. The molecule has 1 unspecified atom stereocenters. The number of rotatable bonds is 3. The molecule has 1 aliphatic rings. The van der Waals surface area contributed by atoms with Gasteiger partial charge in [0.05, 0.1) is 9.39 Å². The van der Waals surface area contributed by atoms with Crippen molar-refractivity contribution < 1.29 is 4.79 Å². The zero-order valence-corrected chi connectivity index (χ0v) is 17.7. The number of benzene rings is 2. The van der Waals surface area contributed by atoms with Crippen molar-refractivity contribution in [2.24, 2.45) is 5.92 Å². The topological polar surface area (TPSA) is 52.9 Å². The minimum absolute atomic E-state index is 0.226. The molecule has 0 fully saturated rings. The summed E-state index contributed by atoms with van der Waals surface area (Å²) >= 11 is 6.91. The third kappa shape index (κ3) is 4.00. The highest BCUT2D eigenvalue weighted by Gasteiger charge is 2.23. The molecule has 3 nitrogen and oxygen atoms in total. The summed E-state index contributed by atoms with van der Waals surface area (Å²) in [6.07, 6.45) is 2.79. The number of nitrogens with one attached hydrogen (secondary N) is 1. The van der Waals surface area contributed by atoms with Crippen LogP contribution in [-0.4, -0.2) is 5.91 Å². The Kier molecular flexibility index (Phi) is 5.57. The van der Waals surface area contributed by atoms with Gasteiger partial charge in [0.1, 0.15) is 11.1 Å². The molecular weight excluding hydrogens is 396 g/mol. The minimum Gasteiger partial charge on any atom is -0.312 e. The average molecular weight is 417 g/mol. The van der Waals surface area contributed by atoms with Gasteiger partial charge >= 0.3 is 0 Å². The van der Waals surface area contributed by atoms with E-state index in [1.807, 2.05) is 54.6 Å². The Bertz CT molecular complexity index is 1160. The van der Waals surface area contributed by atoms with Gasteiger partial charge in [-0.15, -0.1) is 11.3 Å². The van der Waals surface area contributed by atoms with Crippen LogP contribution in [0.4, 0.5) is 5.00 Å². The number of nitriles is 1. The van der Waals surface area contributed by atoms with Crippen molar-refractivity contribution in [3.63, 3.8) is 0 Å². The molecule has 1 aromatic heterocycles. The molecular formula is C24H20N2OS2. The highest BCUT2D eigenvalue weighted by molar-refractivity contribution is 7.73. The van der Waals surface area contributed by atoms with E-state index in [-0.39, 0.29) is 5.91 Å². The van der Waals surface area contributed by atoms with Crippen molar-refractivity contribution in [2.45, 2.75) is 26.2 Å². The van der Waals surface area contributed by atoms with Gasteiger partial charge in [-0.3, -0.25) is 4.79 Å². The lowest BCUT2D eigenvalue weighted by atomic mass is 9.85. The molecule has 3 aromatic rings. The molecule has 0 bridgehead atoms. The fourth-order valence-electron chi connectivity index (χ4n) is 3.77. The van der Waals surface area contributed by atoms with E-state index in [0.717, 1.165) is 45.3 Å². The normalized spacial score (nSPS) is 15.2. The fraction of sp³-hybridized carbons (Fsp3) is 0.208. The highest BCUT2D eigenvalue weighted by Crippen LogP contribution is 2.36. The Hall–Kier alpha value is -2.81. The summed E-state index contributed by atoms with van der Waals surface area (Å²) in [6.45, 7) is 2.21. The number of nitrogens with zero attached hydrogens (tertiary/aromatic N) is 1. The van der Waals surface area contributed by atoms with Gasteiger partial charge in [0, 0.05) is 5.56 Å². The molecule has 1 aliphatic carbocycles. The predicted molar refractivity (Wildman–Crippen MR) is 121 cm³/mol. The van der Waals surface area contributed by atoms with Gasteiger partial charge < -0.3 is 5.32 Å². The first-order valence-corrected chi connectivity index (χ1v) is 10.8. The first-order valence-electron chi connectivity index (χ1n) is 9.62. The number of hydrogen-bond donors (Lipinski definition) is 1. The van der Waals surface area contributed by atoms with E-state index < -0.39 is 0 Å². The summed E-state index contributed by atoms with van der Waals surface area (Å²) in [6, 6.07) is 19.8. The summed E-state index contributed by atoms with van der Waals surface area (Å²) in [5.74, 6) is 0.349. The van der Waals surface area contributed by atoms with Crippen LogP contribution in [0.3, 0.4) is 0 Å². The second-order valence-corrected chi connectivity index (χ2v) is 9.10. The maximum absolute atomic E-state index is 12.8. The zero-order valence-electron chi connectivity index (χ0n) is 16.1. The first kappa shape index (κ1) is 19.5. The molecule has 5 heteroatoms. The van der Waals surface area contributed by atoms with Gasteiger partial charge in [-0.2, -0.15) is 5.26 Å². The average Bonchev–Trinajstić information content (AvgIpc) is 2.75. The quantitative estimate of drug-likeness (QED) is 0.503. The fourth-order valence-corrected chi connectivity index (χ4v) is 5.15. The van der Waals surface area contributed by atoms with E-state index in [1.54, 1.807) is 0 Å². The van der Waals surface area contributed by atoms with Crippen LogP contribution >= 0.6 is 23.6 Å². The maximum Gasteiger partial charge on any atom is 0.256 e. The standard InChI is InChI=1S/C24H20N2OS2/c1-15-7-12-19-20(13-15)24(28)29-23(21(19)14-25)26-22(27)18-10-8-17(9-11-18)16-5-3-2-4-6-16/h2-6,8-11,15H,7,12-13H2,1H3,(H,26,27). The summed E-state index contributed by atoms with van der Waals surface area (Å²) < 4.78 is 0.778. The first-order chi connectivity index (χ1) is 14.1. The van der Waals surface area contributed by atoms with Crippen molar-refractivity contribution in [2.75, 3.05) is 5.32 Å². The molecule has 1 N–H and O–H groups in total. The summed E-state index contributed by atoms with van der Waals surface area (Å²) in [5, 5.41) is 13.2. The molecule has 1 amide bonds. The van der Waals surface area contributed by atoms with Gasteiger partial charge in [0.15, 0.2) is 0 Å². The molecule has 0 saturated carbocycles. The van der Waals surface area contributed by atoms with E-state index in [2.05, 4.69) is 18.3 Å². The van der Waals surface area contributed by atoms with E-state index >= 15 is 0 Å². The molecule has 1 heterocycles. The Balaban J connectivity index is 1.61. The minimum atomic E-state index is -0.226. The van der Waals surface area contributed by atoms with Gasteiger partial charge in [-0.25, -0.2) is 0 Å². The van der Waals surface area contributed by atoms with E-state index in [1.165, 1.54) is 11.3 Å². The molecule has 0 aliphatic heterocycles. The van der Waals surface area contributed by atoms with Gasteiger partial charge in [0.2, 0.25) is 0 Å². The van der Waals surface area contributed by atoms with Crippen LogP contribution in [0, 0.1) is 21.1 Å². The molecule has 4 rings (SSSR count). The molecule has 0 saturated heterocycles. The zero-order chi connectivity index (χ0) is 20.4. The van der Waals surface area contributed by atoms with Crippen molar-refractivity contribution in [3.8, 4) is 17.2 Å². The van der Waals surface area contributed by atoms with E-state index in [9.17, 15) is 10.1 Å². The van der Waals surface area contributed by atoms with E-state index in [4.69, 9.17) is 12.2 Å². The lowest BCUT2D eigenvalue weighted by Gasteiger charge is -2.23. The molecule has 144 valence electrons. The van der Waals surface area contributed by atoms with Crippen molar-refractivity contribution in [1.29, 1.82) is 5.26 Å². The van der Waals surface area contributed by atoms with Crippen LogP contribution in [-0.2, 0) is 12.8 Å². The number of hydrogen-bond acceptors (Lipinski definition) is 4. The monoisotopic (exact) mass is 416 g/mol. The molecule has 2 aromatic carbocycles. The lowest BCUT2D eigenvalue weighted by Crippen LogP contribution is -2.16. The Morgan fingerprint density at radius 3 is 2.48 bits per heavy atom. The molecule has 29 heavy (non-hydrogen) atoms. The van der Waals surface area contributed by atoms with Crippen LogP contribution < -0.4 is 5.32 Å². The summed E-state index contributed by atoms with van der Waals surface area (Å²) in [7, 11) is 0. The third-order valence-electron chi connectivity index (χ3n) is 5.37. The highest BCUT2D eigenvalue weighted by atomic mass is 32.1. The number of carbonyl (C=O) groups is 1. The maximum atomic E-state index is 12.8. The summed E-state index contributed by atoms with van der Waals surface area (Å²) in [4.78, 5) is 12.8. The Morgan fingerprint density at radius 2 is 1.79 bits per heavy atom. The Morgan fingerprint density at radius 1 is 1.10 bits per heavy atom. The smallest absolute Gasteiger partial charge is 0.256 e. The lowest BCUT2D eigenvalue weighted by molar-refractivity contribution is 0.102. The molecule has 1 atom stereocenters. The number of fused-ring (bicyclic) bond motifs is 1. The van der Waals surface area contributed by atoms with Gasteiger partial charge in [-0.05, 0) is 59.6 Å². The third-order valence-corrected chi connectivity index (χ3v) is 6.81. The van der Waals surface area contributed by atoms with Crippen molar-refractivity contribution in [3.05, 3.63) is 80.7 Å². The predicted octanol–water partition coefficient (Wildman–Crippen LogP) is 6.39. The SMILES string of the molecule is CC1CCc2c(C#N)c(NC(=O)c3ccc(-c4ccccc4)cc3)sc(=S)c2C1.